The Hall–Kier alpha value is -7.21. The van der Waals surface area contributed by atoms with E-state index in [-0.39, 0.29) is 5.41 Å². The molecule has 0 atom stereocenters. The van der Waals surface area contributed by atoms with Crippen LogP contribution < -0.4 is 10.4 Å². The molecule has 4 saturated carbocycles. The summed E-state index contributed by atoms with van der Waals surface area (Å²) in [6, 6.07) is 64.8. The SMILES string of the molecule is C[Si]1(C)c2ccccc2-c2ccc(-c3ccc(-c4nc(-c5ccccc5)nc(-c5ccc(-c6cccc7c6oc6ccccc67)cc5)n4)c4c3C3(c5ccccc5-4)C4CC5CC(C4)CC3C5)cc21. The maximum atomic E-state index is 6.46. The number of nitrogens with zero attached hydrogens (tertiary/aromatic N) is 3. The van der Waals surface area contributed by atoms with Gasteiger partial charge in [-0.15, -0.1) is 0 Å². The molecule has 16 rings (SSSR count). The van der Waals surface area contributed by atoms with E-state index in [1.165, 1.54) is 76.6 Å². The van der Waals surface area contributed by atoms with Crippen LogP contribution in [0.3, 0.4) is 0 Å². The monoisotopic (exact) mass is 891 g/mol. The van der Waals surface area contributed by atoms with Crippen molar-refractivity contribution >= 4 is 40.4 Å². The summed E-state index contributed by atoms with van der Waals surface area (Å²) >= 11 is 0. The predicted octanol–water partition coefficient (Wildman–Crippen LogP) is 14.6. The molecule has 1 aliphatic heterocycles. The summed E-state index contributed by atoms with van der Waals surface area (Å²) in [5, 5.41) is 5.36. The van der Waals surface area contributed by atoms with Gasteiger partial charge in [0.15, 0.2) is 17.5 Å². The number of hydrogen-bond acceptors (Lipinski definition) is 4. The normalized spacial score (nSPS) is 22.1. The lowest BCUT2D eigenvalue weighted by molar-refractivity contribution is -0.0397. The van der Waals surface area contributed by atoms with Crippen molar-refractivity contribution in [1.29, 1.82) is 0 Å². The smallest absolute Gasteiger partial charge is 0.164 e. The van der Waals surface area contributed by atoms with Crippen molar-refractivity contribution in [1.82, 2.24) is 15.0 Å². The first kappa shape index (κ1) is 38.8. The van der Waals surface area contributed by atoms with E-state index in [9.17, 15) is 0 Å². The van der Waals surface area contributed by atoms with Crippen LogP contribution in [0.25, 0.3) is 101 Å². The second-order valence-electron chi connectivity index (χ2n) is 21.1. The van der Waals surface area contributed by atoms with E-state index in [2.05, 4.69) is 177 Å². The molecule has 0 radical (unpaired) electrons. The Labute approximate surface area is 397 Å². The van der Waals surface area contributed by atoms with Gasteiger partial charge in [-0.25, -0.2) is 15.0 Å². The number of rotatable bonds is 5. The van der Waals surface area contributed by atoms with Crippen LogP contribution >= 0.6 is 0 Å². The molecule has 3 heterocycles. The molecular weight excluding hydrogens is 843 g/mol. The van der Waals surface area contributed by atoms with Crippen LogP contribution in [0.2, 0.25) is 13.1 Å². The van der Waals surface area contributed by atoms with Gasteiger partial charge in [0, 0.05) is 38.4 Å². The van der Waals surface area contributed by atoms with Gasteiger partial charge in [0.25, 0.3) is 0 Å². The Balaban J connectivity index is 0.942. The minimum absolute atomic E-state index is 0.0593. The van der Waals surface area contributed by atoms with Crippen LogP contribution in [-0.4, -0.2) is 23.0 Å². The van der Waals surface area contributed by atoms with E-state index in [4.69, 9.17) is 19.4 Å². The summed E-state index contributed by atoms with van der Waals surface area (Å²) < 4.78 is 6.46. The average molecular weight is 892 g/mol. The van der Waals surface area contributed by atoms with Gasteiger partial charge in [-0.1, -0.05) is 177 Å². The van der Waals surface area contributed by atoms with E-state index in [1.54, 1.807) is 10.4 Å². The Morgan fingerprint density at radius 3 is 1.81 bits per heavy atom. The van der Waals surface area contributed by atoms with Crippen molar-refractivity contribution in [3.8, 4) is 78.7 Å². The Bertz CT molecular complexity index is 3710. The van der Waals surface area contributed by atoms with Crippen molar-refractivity contribution < 1.29 is 4.42 Å². The van der Waals surface area contributed by atoms with Crippen LogP contribution in [0.1, 0.15) is 43.2 Å². The van der Waals surface area contributed by atoms with Crippen molar-refractivity contribution in [2.75, 3.05) is 0 Å². The highest BCUT2D eigenvalue weighted by Crippen LogP contribution is 2.71. The molecule has 5 heteroatoms. The second-order valence-corrected chi connectivity index (χ2v) is 25.4. The highest BCUT2D eigenvalue weighted by Gasteiger charge is 2.62. The molecule has 0 unspecified atom stereocenters. The molecule has 4 nitrogen and oxygen atoms in total. The number of furan rings is 1. The molecule has 8 aromatic carbocycles. The summed E-state index contributed by atoms with van der Waals surface area (Å²) in [6.07, 6.45) is 6.69. The van der Waals surface area contributed by atoms with Crippen LogP contribution in [0.4, 0.5) is 0 Å². The molecule has 326 valence electrons. The topological polar surface area (TPSA) is 51.8 Å². The van der Waals surface area contributed by atoms with Gasteiger partial charge in [0.1, 0.15) is 19.2 Å². The summed E-state index contributed by atoms with van der Waals surface area (Å²) in [5.74, 6) is 4.97. The highest BCUT2D eigenvalue weighted by atomic mass is 28.3. The summed E-state index contributed by atoms with van der Waals surface area (Å²) in [6.45, 7) is 5.09. The van der Waals surface area contributed by atoms with E-state index in [0.29, 0.717) is 23.5 Å². The van der Waals surface area contributed by atoms with Gasteiger partial charge >= 0.3 is 0 Å². The van der Waals surface area contributed by atoms with Gasteiger partial charge < -0.3 is 4.42 Å². The van der Waals surface area contributed by atoms with E-state index in [0.717, 1.165) is 67.4 Å². The molecule has 4 fully saturated rings. The van der Waals surface area contributed by atoms with Crippen molar-refractivity contribution in [3.63, 3.8) is 0 Å². The number of fused-ring (bicyclic) bond motifs is 9. The molecule has 0 amide bonds. The first-order valence-electron chi connectivity index (χ1n) is 24.8. The van der Waals surface area contributed by atoms with E-state index in [1.807, 2.05) is 12.1 Å². The Morgan fingerprint density at radius 2 is 1.01 bits per heavy atom. The third-order valence-electron chi connectivity index (χ3n) is 17.3. The molecule has 1 spiro atoms. The average Bonchev–Trinajstić information content (AvgIpc) is 3.99. The van der Waals surface area contributed by atoms with Crippen molar-refractivity contribution in [2.45, 2.75) is 50.6 Å². The molecule has 6 aliphatic rings. The molecule has 0 saturated heterocycles. The third-order valence-corrected chi connectivity index (χ3v) is 20.9. The fourth-order valence-corrected chi connectivity index (χ4v) is 17.8. The standard InChI is InChI=1S/C63H49N3OSi/c1-68(2)55-22-11-8-16-48(55)49-28-27-42(36-56(49)68)45-29-30-52(57-51-17-6-9-20-53(51)63(58(45)57)43-32-37-31-38(34-43)35-44(63)33-37)62-65-60(40-13-4-3-5-14-40)64-61(66-62)41-25-23-39(24-26-41)46-18-12-19-50-47-15-7-10-21-54(47)67-59(46)50/h3-30,36-38,43-44H,31-35H2,1-2H3. The lowest BCUT2D eigenvalue weighted by Gasteiger charge is -2.61. The van der Waals surface area contributed by atoms with E-state index < -0.39 is 8.07 Å². The van der Waals surface area contributed by atoms with Gasteiger partial charge in [-0.05, 0) is 128 Å². The number of aromatic nitrogens is 3. The maximum absolute atomic E-state index is 6.46. The van der Waals surface area contributed by atoms with Crippen LogP contribution in [0, 0.1) is 23.7 Å². The van der Waals surface area contributed by atoms with Crippen molar-refractivity contribution in [3.05, 3.63) is 187 Å². The Morgan fingerprint density at radius 1 is 0.441 bits per heavy atom. The van der Waals surface area contributed by atoms with Crippen molar-refractivity contribution in [2.24, 2.45) is 23.7 Å². The minimum Gasteiger partial charge on any atom is -0.455 e. The number of hydrogen-bond donors (Lipinski definition) is 0. The van der Waals surface area contributed by atoms with Gasteiger partial charge in [-0.2, -0.15) is 0 Å². The van der Waals surface area contributed by atoms with Gasteiger partial charge in [-0.3, -0.25) is 0 Å². The zero-order chi connectivity index (χ0) is 44.9. The molecule has 68 heavy (non-hydrogen) atoms. The van der Waals surface area contributed by atoms with Crippen LogP contribution in [0.15, 0.2) is 180 Å². The molecule has 5 aliphatic carbocycles. The summed E-state index contributed by atoms with van der Waals surface area (Å²) in [7, 11) is -1.92. The molecule has 0 N–H and O–H groups in total. The zero-order valence-electron chi connectivity index (χ0n) is 38.3. The lowest BCUT2D eigenvalue weighted by atomic mass is 9.42. The Kier molecular flexibility index (Phi) is 8.09. The first-order chi connectivity index (χ1) is 33.4. The lowest BCUT2D eigenvalue weighted by Crippen LogP contribution is -2.55. The highest BCUT2D eigenvalue weighted by molar-refractivity contribution is 7.03. The maximum Gasteiger partial charge on any atom is 0.164 e. The van der Waals surface area contributed by atoms with Crippen LogP contribution in [-0.2, 0) is 5.41 Å². The quantitative estimate of drug-likeness (QED) is 0.162. The molecular formula is C63H49N3OSi. The second kappa shape index (κ2) is 14.2. The van der Waals surface area contributed by atoms with Gasteiger partial charge in [0.05, 0.1) is 0 Å². The number of benzene rings is 8. The summed E-state index contributed by atoms with van der Waals surface area (Å²) in [5.41, 5.74) is 18.3. The van der Waals surface area contributed by atoms with Crippen LogP contribution in [0.5, 0.6) is 0 Å². The van der Waals surface area contributed by atoms with Gasteiger partial charge in [0.2, 0.25) is 0 Å². The third kappa shape index (κ3) is 5.34. The predicted molar refractivity (Wildman–Crippen MR) is 280 cm³/mol. The molecule has 10 aromatic rings. The fraction of sp³-hybridized carbons (Fsp3) is 0.190. The molecule has 2 aromatic heterocycles. The first-order valence-corrected chi connectivity index (χ1v) is 27.8. The summed E-state index contributed by atoms with van der Waals surface area (Å²) in [4.78, 5) is 16.2. The number of para-hydroxylation sites is 2. The zero-order valence-corrected chi connectivity index (χ0v) is 39.3. The molecule has 4 bridgehead atoms. The minimum atomic E-state index is -1.92. The largest absolute Gasteiger partial charge is 0.455 e. The fourth-order valence-electron chi connectivity index (χ4n) is 14.7. The van der Waals surface area contributed by atoms with E-state index >= 15 is 0 Å².